The minimum atomic E-state index is -4.50. The smallest absolute Gasteiger partial charge is 0.349 e. The van der Waals surface area contributed by atoms with Crippen LogP contribution in [0.3, 0.4) is 0 Å². The molecule has 2 aromatic heterocycles. The predicted octanol–water partition coefficient (Wildman–Crippen LogP) is 5.45. The zero-order chi connectivity index (χ0) is 26.9. The summed E-state index contributed by atoms with van der Waals surface area (Å²) in [6.45, 7) is 0. The van der Waals surface area contributed by atoms with Gasteiger partial charge in [0.25, 0.3) is 5.91 Å². The first-order chi connectivity index (χ1) is 18.2. The topological polar surface area (TPSA) is 128 Å². The van der Waals surface area contributed by atoms with Crippen molar-refractivity contribution in [3.8, 4) is 11.4 Å². The van der Waals surface area contributed by atoms with E-state index in [1.165, 1.54) is 12.1 Å². The molecule has 0 aliphatic rings. The van der Waals surface area contributed by atoms with Crippen LogP contribution in [0.25, 0.3) is 22.3 Å². The number of aromatic amines is 2. The van der Waals surface area contributed by atoms with Crippen LogP contribution in [-0.2, 0) is 17.4 Å². The molecule has 9 nitrogen and oxygen atoms in total. The van der Waals surface area contributed by atoms with E-state index in [0.717, 1.165) is 12.1 Å². The van der Waals surface area contributed by atoms with Gasteiger partial charge in [0.15, 0.2) is 5.82 Å². The van der Waals surface area contributed by atoms with Crippen LogP contribution in [0.2, 0.25) is 5.02 Å². The Morgan fingerprint density at radius 3 is 2.53 bits per heavy atom. The number of hydrogen-bond acceptors (Lipinski definition) is 5. The van der Waals surface area contributed by atoms with Crippen molar-refractivity contribution < 1.29 is 22.8 Å². The van der Waals surface area contributed by atoms with E-state index in [4.69, 9.17) is 11.6 Å². The number of benzene rings is 3. The average molecular weight is 540 g/mol. The van der Waals surface area contributed by atoms with Gasteiger partial charge in [0.2, 0.25) is 5.91 Å². The van der Waals surface area contributed by atoms with E-state index in [1.54, 1.807) is 42.5 Å². The maximum Gasteiger partial charge on any atom is 0.416 e. The maximum absolute atomic E-state index is 13.1. The quantitative estimate of drug-likeness (QED) is 0.228. The molecule has 2 heterocycles. The summed E-state index contributed by atoms with van der Waals surface area (Å²) in [5, 5.41) is 20.1. The molecule has 0 radical (unpaired) electrons. The van der Waals surface area contributed by atoms with Crippen LogP contribution in [0.4, 0.5) is 24.5 Å². The monoisotopic (exact) mass is 539 g/mol. The number of carbonyl (C=O) groups is 2. The van der Waals surface area contributed by atoms with Crippen LogP contribution in [-0.4, -0.2) is 37.4 Å². The highest BCUT2D eigenvalue weighted by atomic mass is 35.5. The zero-order valence-electron chi connectivity index (χ0n) is 19.2. The second-order valence-corrected chi connectivity index (χ2v) is 8.71. The SMILES string of the molecule is O=C(Cc1cccc(C(F)(F)F)c1)Nc1cccc2cc(C(=O)Nc3ccc(Cl)cc3-c3nnn[nH]3)[nH]c12. The molecule has 0 aliphatic carbocycles. The summed E-state index contributed by atoms with van der Waals surface area (Å²) >= 11 is 6.09. The van der Waals surface area contributed by atoms with Crippen LogP contribution in [0.5, 0.6) is 0 Å². The molecule has 0 unspecified atom stereocenters. The highest BCUT2D eigenvalue weighted by molar-refractivity contribution is 6.31. The highest BCUT2D eigenvalue weighted by Gasteiger charge is 2.30. The number of aromatic nitrogens is 5. The van der Waals surface area contributed by atoms with Gasteiger partial charge in [-0.1, -0.05) is 41.9 Å². The molecular weight excluding hydrogens is 523 g/mol. The number of H-pyrrole nitrogens is 2. The number of amides is 2. The number of hydrogen-bond donors (Lipinski definition) is 4. The summed E-state index contributed by atoms with van der Waals surface area (Å²) in [5.74, 6) is -0.674. The first kappa shape index (κ1) is 25.0. The van der Waals surface area contributed by atoms with E-state index in [-0.39, 0.29) is 17.7 Å². The van der Waals surface area contributed by atoms with Crippen LogP contribution < -0.4 is 10.6 Å². The summed E-state index contributed by atoms with van der Waals surface area (Å²) < 4.78 is 39.0. The average Bonchev–Trinajstić information content (AvgIpc) is 3.56. The molecule has 3 aromatic carbocycles. The number of carbonyl (C=O) groups excluding carboxylic acids is 2. The molecule has 5 aromatic rings. The van der Waals surface area contributed by atoms with E-state index in [9.17, 15) is 22.8 Å². The predicted molar refractivity (Wildman–Crippen MR) is 135 cm³/mol. The summed E-state index contributed by atoms with van der Waals surface area (Å²) in [6.07, 6.45) is -4.76. The molecule has 4 N–H and O–H groups in total. The van der Waals surface area contributed by atoms with Gasteiger partial charge in [-0.2, -0.15) is 13.2 Å². The third-order valence-electron chi connectivity index (χ3n) is 5.62. The van der Waals surface area contributed by atoms with Crippen LogP contribution in [0.1, 0.15) is 21.6 Å². The van der Waals surface area contributed by atoms with E-state index >= 15 is 0 Å². The van der Waals surface area contributed by atoms with Crippen molar-refractivity contribution in [2.75, 3.05) is 10.6 Å². The number of halogens is 4. The fraction of sp³-hybridized carbons (Fsp3) is 0.0800. The van der Waals surface area contributed by atoms with E-state index in [0.29, 0.717) is 38.7 Å². The van der Waals surface area contributed by atoms with Gasteiger partial charge in [-0.15, -0.1) is 5.10 Å². The van der Waals surface area contributed by atoms with Crippen molar-refractivity contribution in [3.05, 3.63) is 88.6 Å². The Balaban J connectivity index is 1.35. The number of nitrogens with one attached hydrogen (secondary N) is 4. The first-order valence-electron chi connectivity index (χ1n) is 11.1. The van der Waals surface area contributed by atoms with E-state index in [1.807, 2.05) is 0 Å². The summed E-state index contributed by atoms with van der Waals surface area (Å²) in [4.78, 5) is 28.7. The van der Waals surface area contributed by atoms with Crippen LogP contribution in [0.15, 0.2) is 66.7 Å². The minimum absolute atomic E-state index is 0.205. The van der Waals surface area contributed by atoms with Crippen molar-refractivity contribution in [2.24, 2.45) is 0 Å². The number of anilines is 2. The van der Waals surface area contributed by atoms with Gasteiger partial charge >= 0.3 is 6.18 Å². The second-order valence-electron chi connectivity index (χ2n) is 8.27. The Kier molecular flexibility index (Phi) is 6.55. The van der Waals surface area contributed by atoms with Crippen molar-refractivity contribution >= 4 is 45.7 Å². The van der Waals surface area contributed by atoms with Gasteiger partial charge in [-0.3, -0.25) is 9.59 Å². The van der Waals surface area contributed by atoms with Crippen molar-refractivity contribution in [3.63, 3.8) is 0 Å². The minimum Gasteiger partial charge on any atom is -0.349 e. The molecule has 2 amide bonds. The van der Waals surface area contributed by atoms with Crippen molar-refractivity contribution in [1.29, 1.82) is 0 Å². The highest BCUT2D eigenvalue weighted by Crippen LogP contribution is 2.31. The molecule has 192 valence electrons. The summed E-state index contributed by atoms with van der Waals surface area (Å²) in [5.41, 5.74) is 1.34. The molecule has 0 fully saturated rings. The fourth-order valence-corrected chi connectivity index (χ4v) is 4.08. The number of para-hydroxylation sites is 1. The van der Waals surface area contributed by atoms with Crippen molar-refractivity contribution in [2.45, 2.75) is 12.6 Å². The van der Waals surface area contributed by atoms with Crippen LogP contribution >= 0.6 is 11.6 Å². The van der Waals surface area contributed by atoms with Gasteiger partial charge < -0.3 is 15.6 Å². The third kappa shape index (κ3) is 5.34. The number of rotatable bonds is 6. The first-order valence-corrected chi connectivity index (χ1v) is 11.5. The summed E-state index contributed by atoms with van der Waals surface area (Å²) in [6, 6.07) is 16.1. The Labute approximate surface area is 217 Å². The van der Waals surface area contributed by atoms with Gasteiger partial charge in [-0.05, 0) is 52.4 Å². The molecule has 0 aliphatic heterocycles. The number of fused-ring (bicyclic) bond motifs is 1. The maximum atomic E-state index is 13.1. The van der Waals surface area contributed by atoms with Gasteiger partial charge in [0, 0.05) is 16.0 Å². The molecule has 5 rings (SSSR count). The molecule has 0 saturated carbocycles. The van der Waals surface area contributed by atoms with Gasteiger partial charge in [0.1, 0.15) is 5.69 Å². The standard InChI is InChI=1S/C25H17ClF3N7O2/c26-16-7-8-18(17(12-16)23-33-35-36-34-23)32-24(38)20-11-14-4-2-6-19(22(14)31-20)30-21(37)10-13-3-1-5-15(9-13)25(27,28)29/h1-9,11-12,31H,10H2,(H,30,37)(H,32,38)(H,33,34,35,36). The van der Waals surface area contributed by atoms with E-state index in [2.05, 4.69) is 36.2 Å². The molecular formula is C25H17ClF3N7O2. The lowest BCUT2D eigenvalue weighted by Crippen LogP contribution is -2.15. The lowest BCUT2D eigenvalue weighted by Gasteiger charge is -2.10. The molecule has 0 spiro atoms. The number of tetrazole rings is 1. The largest absolute Gasteiger partial charge is 0.416 e. The third-order valence-corrected chi connectivity index (χ3v) is 5.86. The molecule has 0 atom stereocenters. The number of nitrogens with zero attached hydrogens (tertiary/aromatic N) is 3. The summed E-state index contributed by atoms with van der Waals surface area (Å²) in [7, 11) is 0. The zero-order valence-corrected chi connectivity index (χ0v) is 20.0. The molecule has 13 heteroatoms. The molecule has 0 saturated heterocycles. The Morgan fingerprint density at radius 1 is 0.947 bits per heavy atom. The number of alkyl halides is 3. The Morgan fingerprint density at radius 2 is 1.76 bits per heavy atom. The molecule has 0 bridgehead atoms. The Hall–Kier alpha value is -4.71. The lowest BCUT2D eigenvalue weighted by atomic mass is 10.1. The Bertz CT molecular complexity index is 1650. The van der Waals surface area contributed by atoms with Crippen LogP contribution in [0, 0.1) is 0 Å². The van der Waals surface area contributed by atoms with Crippen molar-refractivity contribution in [1.82, 2.24) is 25.6 Å². The fourth-order valence-electron chi connectivity index (χ4n) is 3.90. The lowest BCUT2D eigenvalue weighted by molar-refractivity contribution is -0.137. The van der Waals surface area contributed by atoms with Gasteiger partial charge in [0.05, 0.1) is 28.9 Å². The van der Waals surface area contributed by atoms with Gasteiger partial charge in [-0.25, -0.2) is 5.10 Å². The molecule has 38 heavy (non-hydrogen) atoms. The second kappa shape index (κ2) is 9.98. The van der Waals surface area contributed by atoms with E-state index < -0.39 is 23.6 Å². The normalized spacial score (nSPS) is 11.5.